The van der Waals surface area contributed by atoms with E-state index in [4.69, 9.17) is 0 Å². The highest BCUT2D eigenvalue weighted by Crippen LogP contribution is 2.31. The number of likely N-dealkylation sites (N-methyl/N-ethyl adjacent to an activating group) is 1. The monoisotopic (exact) mass is 314 g/mol. The number of nitrogens with zero attached hydrogens (tertiary/aromatic N) is 5. The highest BCUT2D eigenvalue weighted by molar-refractivity contribution is 5.96. The molecule has 23 heavy (non-hydrogen) atoms. The van der Waals surface area contributed by atoms with Crippen LogP contribution in [0.1, 0.15) is 34.2 Å². The second-order valence-corrected chi connectivity index (χ2v) is 5.64. The molecule has 2 atom stereocenters. The Kier molecular flexibility index (Phi) is 3.81. The minimum atomic E-state index is -0.317. The highest BCUT2D eigenvalue weighted by atomic mass is 16.2. The van der Waals surface area contributed by atoms with Crippen molar-refractivity contribution in [2.24, 2.45) is 7.05 Å². The van der Waals surface area contributed by atoms with Gasteiger partial charge in [-0.2, -0.15) is 15.3 Å². The molecule has 1 saturated heterocycles. The lowest BCUT2D eigenvalue weighted by molar-refractivity contribution is -0.127. The van der Waals surface area contributed by atoms with E-state index < -0.39 is 0 Å². The van der Waals surface area contributed by atoms with E-state index in [1.165, 1.54) is 6.20 Å². The average molecular weight is 314 g/mol. The fourth-order valence-corrected chi connectivity index (χ4v) is 2.97. The zero-order chi connectivity index (χ0) is 16.6. The quantitative estimate of drug-likeness (QED) is 0.875. The number of rotatable bonds is 3. The van der Waals surface area contributed by atoms with Gasteiger partial charge in [0, 0.05) is 26.7 Å². The van der Waals surface area contributed by atoms with E-state index in [0.717, 1.165) is 5.69 Å². The SMILES string of the molecule is Cc1nnccc1C(=O)N[C@@H]1CC(=O)N(C)[C@H]1c1ccnn1C. The standard InChI is InChI=1S/C15H18N6O2/c1-9-10(4-6-16-19-9)15(23)18-11-8-13(22)20(2)14(11)12-5-7-17-21(12)3/h4-7,11,14H,8H2,1-3H3,(H,18,23)/t11-,14-/m1/s1. The van der Waals surface area contributed by atoms with Crippen molar-refractivity contribution in [3.8, 4) is 0 Å². The number of nitrogens with one attached hydrogen (secondary N) is 1. The largest absolute Gasteiger partial charge is 0.346 e. The summed E-state index contributed by atoms with van der Waals surface area (Å²) in [4.78, 5) is 26.3. The van der Waals surface area contributed by atoms with Gasteiger partial charge in [0.05, 0.1) is 35.2 Å². The van der Waals surface area contributed by atoms with Gasteiger partial charge in [-0.3, -0.25) is 14.3 Å². The van der Waals surface area contributed by atoms with Gasteiger partial charge in [0.2, 0.25) is 5.91 Å². The van der Waals surface area contributed by atoms with Gasteiger partial charge in [-0.15, -0.1) is 0 Å². The highest BCUT2D eigenvalue weighted by Gasteiger charge is 2.41. The van der Waals surface area contributed by atoms with Gasteiger partial charge in [-0.1, -0.05) is 0 Å². The van der Waals surface area contributed by atoms with Crippen molar-refractivity contribution in [2.45, 2.75) is 25.4 Å². The summed E-state index contributed by atoms with van der Waals surface area (Å²) in [5.74, 6) is -0.260. The number of aryl methyl sites for hydroxylation is 2. The summed E-state index contributed by atoms with van der Waals surface area (Å²) in [6.45, 7) is 1.73. The fraction of sp³-hybridized carbons (Fsp3) is 0.400. The number of likely N-dealkylation sites (tertiary alicyclic amines) is 1. The van der Waals surface area contributed by atoms with E-state index in [-0.39, 0.29) is 30.3 Å². The molecule has 0 bridgehead atoms. The topological polar surface area (TPSA) is 93.0 Å². The molecular weight excluding hydrogens is 296 g/mol. The Bertz CT molecular complexity index is 756. The predicted octanol–water partition coefficient (Wildman–Crippen LogP) is 0.220. The molecule has 8 nitrogen and oxygen atoms in total. The van der Waals surface area contributed by atoms with Crippen molar-refractivity contribution in [2.75, 3.05) is 7.05 Å². The van der Waals surface area contributed by atoms with E-state index in [1.807, 2.05) is 13.1 Å². The summed E-state index contributed by atoms with van der Waals surface area (Å²) in [6, 6.07) is 2.92. The number of hydrogen-bond donors (Lipinski definition) is 1. The van der Waals surface area contributed by atoms with Crippen LogP contribution in [0.5, 0.6) is 0 Å². The van der Waals surface area contributed by atoms with Crippen LogP contribution in [-0.4, -0.2) is 49.8 Å². The second kappa shape index (κ2) is 5.79. The Morgan fingerprint density at radius 3 is 2.74 bits per heavy atom. The van der Waals surface area contributed by atoms with Gasteiger partial charge in [0.1, 0.15) is 0 Å². The molecule has 0 radical (unpaired) electrons. The molecule has 1 fully saturated rings. The van der Waals surface area contributed by atoms with Crippen molar-refractivity contribution in [1.29, 1.82) is 0 Å². The first kappa shape index (κ1) is 15.1. The maximum absolute atomic E-state index is 12.5. The van der Waals surface area contributed by atoms with Gasteiger partial charge in [-0.25, -0.2) is 0 Å². The Labute approximate surface area is 133 Å². The molecule has 2 aromatic heterocycles. The third-order valence-electron chi connectivity index (χ3n) is 4.21. The molecule has 0 aromatic carbocycles. The number of carbonyl (C=O) groups excluding carboxylic acids is 2. The van der Waals surface area contributed by atoms with E-state index in [9.17, 15) is 9.59 Å². The van der Waals surface area contributed by atoms with Crippen molar-refractivity contribution in [1.82, 2.24) is 30.2 Å². The maximum atomic E-state index is 12.5. The number of amides is 2. The third-order valence-corrected chi connectivity index (χ3v) is 4.21. The van der Waals surface area contributed by atoms with E-state index >= 15 is 0 Å². The molecule has 8 heteroatoms. The first-order chi connectivity index (χ1) is 11.0. The Morgan fingerprint density at radius 1 is 1.30 bits per heavy atom. The van der Waals surface area contributed by atoms with Crippen LogP contribution in [0.2, 0.25) is 0 Å². The van der Waals surface area contributed by atoms with Gasteiger partial charge in [0.25, 0.3) is 5.91 Å². The number of hydrogen-bond acceptors (Lipinski definition) is 5. The molecule has 2 aromatic rings. The smallest absolute Gasteiger partial charge is 0.253 e. The zero-order valence-corrected chi connectivity index (χ0v) is 13.2. The first-order valence-electron chi connectivity index (χ1n) is 7.31. The van der Waals surface area contributed by atoms with Crippen LogP contribution in [0, 0.1) is 6.92 Å². The van der Waals surface area contributed by atoms with Crippen LogP contribution < -0.4 is 5.32 Å². The second-order valence-electron chi connectivity index (χ2n) is 5.64. The summed E-state index contributed by atoms with van der Waals surface area (Å²) in [6.07, 6.45) is 3.42. The van der Waals surface area contributed by atoms with Crippen molar-refractivity contribution < 1.29 is 9.59 Å². The lowest BCUT2D eigenvalue weighted by Crippen LogP contribution is -2.40. The molecule has 2 amide bonds. The lowest BCUT2D eigenvalue weighted by atomic mass is 10.0. The summed E-state index contributed by atoms with van der Waals surface area (Å²) in [7, 11) is 3.56. The minimum Gasteiger partial charge on any atom is -0.346 e. The predicted molar refractivity (Wildman–Crippen MR) is 81.4 cm³/mol. The normalized spacial score (nSPS) is 20.8. The molecule has 0 saturated carbocycles. The van der Waals surface area contributed by atoms with E-state index in [2.05, 4.69) is 20.6 Å². The molecule has 1 aliphatic rings. The van der Waals surface area contributed by atoms with Crippen LogP contribution in [-0.2, 0) is 11.8 Å². The van der Waals surface area contributed by atoms with Crippen molar-refractivity contribution >= 4 is 11.8 Å². The number of aromatic nitrogens is 4. The molecule has 0 spiro atoms. The summed E-state index contributed by atoms with van der Waals surface area (Å²) < 4.78 is 1.72. The maximum Gasteiger partial charge on any atom is 0.253 e. The molecule has 120 valence electrons. The Hall–Kier alpha value is -2.77. The lowest BCUT2D eigenvalue weighted by Gasteiger charge is -2.25. The summed E-state index contributed by atoms with van der Waals surface area (Å²) in [5.41, 5.74) is 1.90. The van der Waals surface area contributed by atoms with Crippen LogP contribution >= 0.6 is 0 Å². The summed E-state index contributed by atoms with van der Waals surface area (Å²) >= 11 is 0. The van der Waals surface area contributed by atoms with E-state index in [0.29, 0.717) is 11.3 Å². The fourth-order valence-electron chi connectivity index (χ4n) is 2.97. The number of carbonyl (C=O) groups is 2. The summed E-state index contributed by atoms with van der Waals surface area (Å²) in [5, 5.41) is 14.7. The Balaban J connectivity index is 1.86. The van der Waals surface area contributed by atoms with Gasteiger partial charge >= 0.3 is 0 Å². The molecule has 3 heterocycles. The molecule has 0 aliphatic carbocycles. The van der Waals surface area contributed by atoms with Gasteiger partial charge in [-0.05, 0) is 19.1 Å². The van der Waals surface area contributed by atoms with Crippen LogP contribution in [0.3, 0.4) is 0 Å². The van der Waals surface area contributed by atoms with Crippen molar-refractivity contribution in [3.63, 3.8) is 0 Å². The Morgan fingerprint density at radius 2 is 2.09 bits per heavy atom. The molecule has 3 rings (SSSR count). The minimum absolute atomic E-state index is 0.00826. The van der Waals surface area contributed by atoms with Crippen LogP contribution in [0.4, 0.5) is 0 Å². The van der Waals surface area contributed by atoms with E-state index in [1.54, 1.807) is 35.8 Å². The average Bonchev–Trinajstić information content (AvgIpc) is 3.04. The van der Waals surface area contributed by atoms with Gasteiger partial charge in [0.15, 0.2) is 0 Å². The van der Waals surface area contributed by atoms with Crippen LogP contribution in [0.25, 0.3) is 0 Å². The molecular formula is C15H18N6O2. The van der Waals surface area contributed by atoms with Crippen LogP contribution in [0.15, 0.2) is 24.5 Å². The third kappa shape index (κ3) is 2.67. The first-order valence-corrected chi connectivity index (χ1v) is 7.31. The molecule has 0 unspecified atom stereocenters. The molecule has 1 N–H and O–H groups in total. The molecule has 1 aliphatic heterocycles. The van der Waals surface area contributed by atoms with Gasteiger partial charge < -0.3 is 10.2 Å². The van der Waals surface area contributed by atoms with Crippen molar-refractivity contribution in [3.05, 3.63) is 41.5 Å². The zero-order valence-electron chi connectivity index (χ0n) is 13.2.